The first-order valence-corrected chi connectivity index (χ1v) is 7.96. The molecule has 0 bridgehead atoms. The maximum Gasteiger partial charge on any atom is 0.122 e. The summed E-state index contributed by atoms with van der Waals surface area (Å²) in [6, 6.07) is 12.9. The van der Waals surface area contributed by atoms with Crippen molar-refractivity contribution in [2.45, 2.75) is 38.6 Å². The molecule has 2 heteroatoms. The van der Waals surface area contributed by atoms with E-state index in [9.17, 15) is 0 Å². The lowest BCUT2D eigenvalue weighted by molar-refractivity contribution is 0.266. The zero-order chi connectivity index (χ0) is 14.9. The second-order valence-corrected chi connectivity index (χ2v) is 6.49. The van der Waals surface area contributed by atoms with Crippen molar-refractivity contribution in [2.24, 2.45) is 5.92 Å². The van der Waals surface area contributed by atoms with Gasteiger partial charge in [-0.2, -0.15) is 0 Å². The lowest BCUT2D eigenvalue weighted by Gasteiger charge is -2.35. The van der Waals surface area contributed by atoms with Crippen LogP contribution in [0.2, 0.25) is 0 Å². The van der Waals surface area contributed by atoms with Crippen molar-refractivity contribution >= 4 is 10.8 Å². The summed E-state index contributed by atoms with van der Waals surface area (Å²) in [7, 11) is 1.78. The van der Waals surface area contributed by atoms with E-state index in [0.717, 1.165) is 18.7 Å². The molecule has 21 heavy (non-hydrogen) atoms. The van der Waals surface area contributed by atoms with E-state index in [1.807, 2.05) is 0 Å². The van der Waals surface area contributed by atoms with Crippen LogP contribution in [0.25, 0.3) is 10.8 Å². The Hall–Kier alpha value is -1.54. The third-order valence-corrected chi connectivity index (χ3v) is 5.09. The van der Waals surface area contributed by atoms with Gasteiger partial charge in [-0.15, -0.1) is 0 Å². The zero-order valence-electron chi connectivity index (χ0n) is 13.3. The quantitative estimate of drug-likeness (QED) is 0.909. The lowest BCUT2D eigenvalue weighted by atomic mass is 9.78. The van der Waals surface area contributed by atoms with Crippen LogP contribution < -0.4 is 10.1 Å². The van der Waals surface area contributed by atoms with Gasteiger partial charge in [-0.1, -0.05) is 44.2 Å². The smallest absolute Gasteiger partial charge is 0.122 e. The van der Waals surface area contributed by atoms with Crippen LogP contribution in [0.1, 0.15) is 32.3 Å². The molecule has 1 atom stereocenters. The molecule has 1 fully saturated rings. The number of benzene rings is 2. The van der Waals surface area contributed by atoms with Crippen molar-refractivity contribution in [1.82, 2.24) is 5.32 Å². The predicted molar refractivity (Wildman–Crippen MR) is 89.0 cm³/mol. The molecule has 1 heterocycles. The highest BCUT2D eigenvalue weighted by Gasteiger charge is 2.37. The second-order valence-electron chi connectivity index (χ2n) is 6.49. The number of ether oxygens (including phenoxy) is 1. The lowest BCUT2D eigenvalue weighted by Crippen LogP contribution is -2.46. The summed E-state index contributed by atoms with van der Waals surface area (Å²) < 4.78 is 5.66. The monoisotopic (exact) mass is 283 g/mol. The molecule has 3 rings (SSSR count). The summed E-state index contributed by atoms with van der Waals surface area (Å²) in [5, 5.41) is 6.40. The van der Waals surface area contributed by atoms with Gasteiger partial charge in [0.15, 0.2) is 0 Å². The fourth-order valence-electron chi connectivity index (χ4n) is 3.68. The Kier molecular flexibility index (Phi) is 3.90. The van der Waals surface area contributed by atoms with Crippen molar-refractivity contribution in [2.75, 3.05) is 13.7 Å². The normalized spacial score (nSPS) is 22.1. The number of hydrogen-bond acceptors (Lipinski definition) is 2. The molecular weight excluding hydrogens is 258 g/mol. The first-order valence-electron chi connectivity index (χ1n) is 7.96. The molecule has 0 saturated carbocycles. The van der Waals surface area contributed by atoms with E-state index in [-0.39, 0.29) is 5.54 Å². The van der Waals surface area contributed by atoms with E-state index in [4.69, 9.17) is 4.74 Å². The van der Waals surface area contributed by atoms with Gasteiger partial charge >= 0.3 is 0 Å². The van der Waals surface area contributed by atoms with Crippen LogP contribution in [0.3, 0.4) is 0 Å². The van der Waals surface area contributed by atoms with E-state index in [1.54, 1.807) is 7.11 Å². The Morgan fingerprint density at radius 3 is 2.67 bits per heavy atom. The molecule has 1 aliphatic rings. The van der Waals surface area contributed by atoms with Crippen molar-refractivity contribution in [3.63, 3.8) is 0 Å². The van der Waals surface area contributed by atoms with E-state index in [0.29, 0.717) is 5.92 Å². The maximum atomic E-state index is 5.66. The maximum absolute atomic E-state index is 5.66. The average Bonchev–Trinajstić information content (AvgIpc) is 2.98. The third kappa shape index (κ3) is 2.53. The molecule has 0 aromatic heterocycles. The number of methoxy groups -OCH3 is 1. The molecular formula is C19H25NO. The highest BCUT2D eigenvalue weighted by molar-refractivity contribution is 5.88. The summed E-state index contributed by atoms with van der Waals surface area (Å²) >= 11 is 0. The Bertz CT molecular complexity index is 626. The molecule has 1 N–H and O–H groups in total. The van der Waals surface area contributed by atoms with Crippen LogP contribution in [0.4, 0.5) is 0 Å². The van der Waals surface area contributed by atoms with Gasteiger partial charge in [-0.05, 0) is 48.6 Å². The molecule has 0 spiro atoms. The molecule has 2 aromatic carbocycles. The molecule has 2 nitrogen and oxygen atoms in total. The molecule has 112 valence electrons. The molecule has 1 saturated heterocycles. The minimum Gasteiger partial charge on any atom is -0.496 e. The second kappa shape index (κ2) is 5.69. The SMILES string of the molecule is COc1ccc2ccccc2c1CC1(C(C)C)CCCN1. The van der Waals surface area contributed by atoms with Crippen LogP contribution in [0, 0.1) is 5.92 Å². The van der Waals surface area contributed by atoms with Crippen LogP contribution in [0.15, 0.2) is 36.4 Å². The van der Waals surface area contributed by atoms with E-state index < -0.39 is 0 Å². The van der Waals surface area contributed by atoms with Gasteiger partial charge in [-0.25, -0.2) is 0 Å². The van der Waals surface area contributed by atoms with Gasteiger partial charge in [0, 0.05) is 11.1 Å². The Morgan fingerprint density at radius 1 is 1.19 bits per heavy atom. The van der Waals surface area contributed by atoms with Crippen molar-refractivity contribution in [3.05, 3.63) is 42.0 Å². The van der Waals surface area contributed by atoms with Gasteiger partial charge in [-0.3, -0.25) is 0 Å². The van der Waals surface area contributed by atoms with Gasteiger partial charge in [0.2, 0.25) is 0 Å². The standard InChI is InChI=1S/C19H25NO/c1-14(2)19(11-6-12-20-19)13-17-16-8-5-4-7-15(16)9-10-18(17)21-3/h4-5,7-10,14,20H,6,11-13H2,1-3H3. The van der Waals surface area contributed by atoms with Gasteiger partial charge in [0.25, 0.3) is 0 Å². The molecule has 1 unspecified atom stereocenters. The molecule has 2 aromatic rings. The third-order valence-electron chi connectivity index (χ3n) is 5.09. The van der Waals surface area contributed by atoms with Crippen LogP contribution in [-0.4, -0.2) is 19.2 Å². The summed E-state index contributed by atoms with van der Waals surface area (Å²) in [5.74, 6) is 1.63. The van der Waals surface area contributed by atoms with Crippen LogP contribution in [-0.2, 0) is 6.42 Å². The molecule has 0 aliphatic carbocycles. The van der Waals surface area contributed by atoms with Crippen molar-refractivity contribution in [3.8, 4) is 5.75 Å². The topological polar surface area (TPSA) is 21.3 Å². The fraction of sp³-hybridized carbons (Fsp3) is 0.474. The van der Waals surface area contributed by atoms with Gasteiger partial charge in [0.05, 0.1) is 7.11 Å². The summed E-state index contributed by atoms with van der Waals surface area (Å²) in [4.78, 5) is 0. The highest BCUT2D eigenvalue weighted by Crippen LogP contribution is 2.37. The van der Waals surface area contributed by atoms with E-state index in [2.05, 4.69) is 55.6 Å². The zero-order valence-corrected chi connectivity index (χ0v) is 13.3. The summed E-state index contributed by atoms with van der Waals surface area (Å²) in [6.45, 7) is 5.79. The van der Waals surface area contributed by atoms with E-state index in [1.165, 1.54) is 29.2 Å². The van der Waals surface area contributed by atoms with Crippen molar-refractivity contribution < 1.29 is 4.74 Å². The van der Waals surface area contributed by atoms with Gasteiger partial charge < -0.3 is 10.1 Å². The number of hydrogen-bond donors (Lipinski definition) is 1. The number of nitrogens with one attached hydrogen (secondary N) is 1. The summed E-state index contributed by atoms with van der Waals surface area (Å²) in [6.07, 6.45) is 3.55. The largest absolute Gasteiger partial charge is 0.496 e. The number of fused-ring (bicyclic) bond motifs is 1. The summed E-state index contributed by atoms with van der Waals surface area (Å²) in [5.41, 5.74) is 1.55. The first-order chi connectivity index (χ1) is 10.2. The van der Waals surface area contributed by atoms with Gasteiger partial charge in [0.1, 0.15) is 5.75 Å². The van der Waals surface area contributed by atoms with E-state index >= 15 is 0 Å². The minimum atomic E-state index is 0.206. The molecule has 0 amide bonds. The Balaban J connectivity index is 2.10. The number of rotatable bonds is 4. The minimum absolute atomic E-state index is 0.206. The van der Waals surface area contributed by atoms with Crippen molar-refractivity contribution in [1.29, 1.82) is 0 Å². The highest BCUT2D eigenvalue weighted by atomic mass is 16.5. The molecule has 1 aliphatic heterocycles. The Labute approximate surface area is 127 Å². The fourth-order valence-corrected chi connectivity index (χ4v) is 3.68. The van der Waals surface area contributed by atoms with Crippen LogP contribution in [0.5, 0.6) is 5.75 Å². The first kappa shape index (κ1) is 14.4. The Morgan fingerprint density at radius 2 is 2.00 bits per heavy atom. The van der Waals surface area contributed by atoms with Crippen LogP contribution >= 0.6 is 0 Å². The average molecular weight is 283 g/mol. The predicted octanol–water partition coefficient (Wildman–Crippen LogP) is 4.17. The molecule has 0 radical (unpaired) electrons.